The Bertz CT molecular complexity index is 140. The smallest absolute Gasteiger partial charge is 0.104 e. The summed E-state index contributed by atoms with van der Waals surface area (Å²) in [5.41, 5.74) is 1.03. The molecule has 0 aromatic heterocycles. The normalized spacial score (nSPS) is 25.2. The van der Waals surface area contributed by atoms with E-state index in [1.807, 2.05) is 0 Å². The number of hydrogen-bond donors (Lipinski definition) is 0. The quantitative estimate of drug-likeness (QED) is 0.547. The topological polar surface area (TPSA) is 18.5 Å². The lowest BCUT2D eigenvalue weighted by molar-refractivity contribution is 0.0697. The Morgan fingerprint density at radius 1 is 1.80 bits per heavy atom. The number of rotatable bonds is 3. The Morgan fingerprint density at radius 3 is 3.10 bits per heavy atom. The molecule has 1 aliphatic heterocycles. The minimum Gasteiger partial charge on any atom is -0.374 e. The van der Waals surface area contributed by atoms with Gasteiger partial charge in [-0.05, 0) is 5.57 Å². The van der Waals surface area contributed by atoms with Crippen LogP contribution in [0, 0.1) is 0 Å². The van der Waals surface area contributed by atoms with Gasteiger partial charge in [-0.25, -0.2) is 0 Å². The van der Waals surface area contributed by atoms with E-state index in [4.69, 9.17) is 9.47 Å². The van der Waals surface area contributed by atoms with Gasteiger partial charge < -0.3 is 9.47 Å². The average Bonchev–Trinajstić information content (AvgIpc) is 2.31. The van der Waals surface area contributed by atoms with Crippen LogP contribution in [0.5, 0.6) is 0 Å². The van der Waals surface area contributed by atoms with Crippen molar-refractivity contribution in [2.75, 3.05) is 19.8 Å². The fourth-order valence-corrected chi connectivity index (χ4v) is 0.858. The molecule has 1 atom stereocenters. The van der Waals surface area contributed by atoms with Gasteiger partial charge in [-0.3, -0.25) is 0 Å². The molecule has 0 aromatic carbocycles. The van der Waals surface area contributed by atoms with Gasteiger partial charge in [-0.2, -0.15) is 0 Å². The van der Waals surface area contributed by atoms with Gasteiger partial charge in [0, 0.05) is 0 Å². The minimum atomic E-state index is 0.0954. The van der Waals surface area contributed by atoms with Crippen molar-refractivity contribution >= 4 is 0 Å². The first-order valence-electron chi connectivity index (χ1n) is 3.32. The van der Waals surface area contributed by atoms with E-state index in [2.05, 4.69) is 13.2 Å². The average molecular weight is 140 g/mol. The lowest BCUT2D eigenvalue weighted by atomic mass is 10.2. The maximum absolute atomic E-state index is 5.32. The molecule has 56 valence electrons. The molecule has 1 aliphatic rings. The third-order valence-electron chi connectivity index (χ3n) is 1.43. The predicted octanol–water partition coefficient (Wildman–Crippen LogP) is 1.14. The molecule has 0 bridgehead atoms. The fraction of sp³-hybridized carbons (Fsp3) is 0.500. The Hall–Kier alpha value is -0.600. The first-order chi connectivity index (χ1) is 4.84. The van der Waals surface area contributed by atoms with E-state index in [0.29, 0.717) is 19.8 Å². The van der Waals surface area contributed by atoms with Gasteiger partial charge in [0.2, 0.25) is 0 Å². The van der Waals surface area contributed by atoms with Crippen molar-refractivity contribution in [1.29, 1.82) is 0 Å². The molecule has 1 rings (SSSR count). The van der Waals surface area contributed by atoms with Crippen molar-refractivity contribution in [2.24, 2.45) is 0 Å². The van der Waals surface area contributed by atoms with Crippen LogP contribution in [-0.2, 0) is 9.47 Å². The molecule has 0 radical (unpaired) electrons. The maximum Gasteiger partial charge on any atom is 0.104 e. The summed E-state index contributed by atoms with van der Waals surface area (Å²) in [6, 6.07) is 0. The highest BCUT2D eigenvalue weighted by molar-refractivity contribution is 5.07. The summed E-state index contributed by atoms with van der Waals surface area (Å²) in [5, 5.41) is 0. The van der Waals surface area contributed by atoms with Crippen molar-refractivity contribution in [2.45, 2.75) is 6.10 Å². The van der Waals surface area contributed by atoms with Gasteiger partial charge in [0.1, 0.15) is 6.10 Å². The fourth-order valence-electron chi connectivity index (χ4n) is 0.858. The lowest BCUT2D eigenvalue weighted by Gasteiger charge is -2.07. The van der Waals surface area contributed by atoms with Crippen LogP contribution in [0.25, 0.3) is 0 Å². The Labute approximate surface area is 61.1 Å². The van der Waals surface area contributed by atoms with Crippen LogP contribution in [0.2, 0.25) is 0 Å². The molecule has 2 nitrogen and oxygen atoms in total. The van der Waals surface area contributed by atoms with E-state index >= 15 is 0 Å². The largest absolute Gasteiger partial charge is 0.374 e. The zero-order valence-electron chi connectivity index (χ0n) is 6.01. The van der Waals surface area contributed by atoms with Crippen molar-refractivity contribution in [1.82, 2.24) is 0 Å². The second-order valence-corrected chi connectivity index (χ2v) is 2.28. The second-order valence-electron chi connectivity index (χ2n) is 2.28. The highest BCUT2D eigenvalue weighted by Crippen LogP contribution is 2.13. The van der Waals surface area contributed by atoms with E-state index < -0.39 is 0 Å². The van der Waals surface area contributed by atoms with E-state index in [1.54, 1.807) is 6.08 Å². The molecular formula is C8H12O2. The van der Waals surface area contributed by atoms with Crippen LogP contribution in [-0.4, -0.2) is 25.9 Å². The molecule has 1 fully saturated rings. The maximum atomic E-state index is 5.32. The van der Waals surface area contributed by atoms with Gasteiger partial charge in [-0.1, -0.05) is 12.7 Å². The summed E-state index contributed by atoms with van der Waals surface area (Å²) in [6.45, 7) is 9.22. The molecule has 1 heterocycles. The lowest BCUT2D eigenvalue weighted by Crippen LogP contribution is -2.13. The van der Waals surface area contributed by atoms with Crippen LogP contribution >= 0.6 is 0 Å². The SMILES string of the molecule is C=CCOC1COCC1=C. The Balaban J connectivity index is 2.26. The van der Waals surface area contributed by atoms with Crippen LogP contribution in [0.4, 0.5) is 0 Å². The van der Waals surface area contributed by atoms with Crippen molar-refractivity contribution < 1.29 is 9.47 Å². The minimum absolute atomic E-state index is 0.0954. The molecular weight excluding hydrogens is 128 g/mol. The zero-order chi connectivity index (χ0) is 7.40. The summed E-state index contributed by atoms with van der Waals surface area (Å²) in [5.74, 6) is 0. The molecule has 0 aromatic rings. The summed E-state index contributed by atoms with van der Waals surface area (Å²) in [6.07, 6.45) is 1.82. The number of hydrogen-bond acceptors (Lipinski definition) is 2. The van der Waals surface area contributed by atoms with Crippen LogP contribution < -0.4 is 0 Å². The third-order valence-corrected chi connectivity index (χ3v) is 1.43. The summed E-state index contributed by atoms with van der Waals surface area (Å²) in [4.78, 5) is 0. The number of ether oxygens (including phenoxy) is 2. The van der Waals surface area contributed by atoms with Gasteiger partial charge in [0.05, 0.1) is 19.8 Å². The molecule has 1 saturated heterocycles. The molecule has 0 amide bonds. The third kappa shape index (κ3) is 1.69. The summed E-state index contributed by atoms with van der Waals surface area (Å²) < 4.78 is 10.4. The summed E-state index contributed by atoms with van der Waals surface area (Å²) >= 11 is 0. The molecule has 10 heavy (non-hydrogen) atoms. The Morgan fingerprint density at radius 2 is 2.60 bits per heavy atom. The monoisotopic (exact) mass is 140 g/mol. The summed E-state index contributed by atoms with van der Waals surface area (Å²) in [7, 11) is 0. The molecule has 0 saturated carbocycles. The first-order valence-corrected chi connectivity index (χ1v) is 3.32. The van der Waals surface area contributed by atoms with Gasteiger partial charge in [-0.15, -0.1) is 6.58 Å². The van der Waals surface area contributed by atoms with Gasteiger partial charge in [0.25, 0.3) is 0 Å². The van der Waals surface area contributed by atoms with Gasteiger partial charge in [0.15, 0.2) is 0 Å². The molecule has 1 unspecified atom stereocenters. The van der Waals surface area contributed by atoms with E-state index in [0.717, 1.165) is 5.57 Å². The van der Waals surface area contributed by atoms with Crippen molar-refractivity contribution in [3.05, 3.63) is 24.8 Å². The van der Waals surface area contributed by atoms with Gasteiger partial charge >= 0.3 is 0 Å². The first kappa shape index (κ1) is 7.51. The predicted molar refractivity (Wildman–Crippen MR) is 39.9 cm³/mol. The van der Waals surface area contributed by atoms with E-state index in [-0.39, 0.29) is 6.10 Å². The molecule has 0 aliphatic carbocycles. The molecule has 0 N–H and O–H groups in total. The van der Waals surface area contributed by atoms with E-state index in [1.165, 1.54) is 0 Å². The van der Waals surface area contributed by atoms with Crippen LogP contribution in [0.15, 0.2) is 24.8 Å². The molecule has 0 spiro atoms. The second kappa shape index (κ2) is 3.54. The van der Waals surface area contributed by atoms with Crippen LogP contribution in [0.3, 0.4) is 0 Å². The highest BCUT2D eigenvalue weighted by atomic mass is 16.5. The Kier molecular flexibility index (Phi) is 2.66. The standard InChI is InChI=1S/C8H12O2/c1-3-4-10-8-6-9-5-7(8)2/h3,8H,1-2,4-6H2. The van der Waals surface area contributed by atoms with E-state index in [9.17, 15) is 0 Å². The van der Waals surface area contributed by atoms with Crippen LogP contribution in [0.1, 0.15) is 0 Å². The molecule has 2 heteroatoms. The van der Waals surface area contributed by atoms with Crippen molar-refractivity contribution in [3.63, 3.8) is 0 Å². The van der Waals surface area contributed by atoms with Crippen molar-refractivity contribution in [3.8, 4) is 0 Å². The highest BCUT2D eigenvalue weighted by Gasteiger charge is 2.19. The zero-order valence-corrected chi connectivity index (χ0v) is 6.01.